The first-order chi connectivity index (χ1) is 9.52. The normalized spacial score (nSPS) is 20.6. The lowest BCUT2D eigenvalue weighted by Crippen LogP contribution is -2.54. The highest BCUT2D eigenvalue weighted by Crippen LogP contribution is 2.34. The minimum atomic E-state index is -1.12. The van der Waals surface area contributed by atoms with E-state index in [0.717, 1.165) is 11.1 Å². The van der Waals surface area contributed by atoms with E-state index in [9.17, 15) is 9.59 Å². The van der Waals surface area contributed by atoms with Crippen molar-refractivity contribution in [2.24, 2.45) is 0 Å². The molecule has 1 fully saturated rings. The topological polar surface area (TPSA) is 52.6 Å². The number of ether oxygens (including phenoxy) is 2. The fourth-order valence-corrected chi connectivity index (χ4v) is 1.98. The number of hydrogen-bond acceptors (Lipinski definition) is 4. The van der Waals surface area contributed by atoms with Crippen molar-refractivity contribution in [3.05, 3.63) is 47.5 Å². The zero-order valence-electron chi connectivity index (χ0n) is 11.7. The van der Waals surface area contributed by atoms with E-state index in [1.807, 2.05) is 50.3 Å². The Morgan fingerprint density at radius 1 is 1.35 bits per heavy atom. The Morgan fingerprint density at radius 3 is 2.55 bits per heavy atom. The van der Waals surface area contributed by atoms with Gasteiger partial charge >= 0.3 is 11.9 Å². The van der Waals surface area contributed by atoms with Crippen molar-refractivity contribution in [3.8, 4) is 0 Å². The molecule has 1 saturated heterocycles. The van der Waals surface area contributed by atoms with Crippen molar-refractivity contribution in [2.75, 3.05) is 0 Å². The number of cyclic esters (lactones) is 1. The van der Waals surface area contributed by atoms with E-state index in [1.165, 1.54) is 0 Å². The summed E-state index contributed by atoms with van der Waals surface area (Å²) >= 11 is 0. The summed E-state index contributed by atoms with van der Waals surface area (Å²) in [6.07, 6.45) is 2.34. The van der Waals surface area contributed by atoms with Crippen LogP contribution < -0.4 is 0 Å². The van der Waals surface area contributed by atoms with Crippen LogP contribution in [0.2, 0.25) is 0 Å². The molecule has 0 saturated carbocycles. The largest absolute Gasteiger partial charge is 0.458 e. The Labute approximate surface area is 118 Å². The third-order valence-electron chi connectivity index (χ3n) is 3.16. The summed E-state index contributed by atoms with van der Waals surface area (Å²) in [5.41, 5.74) is 0.857. The number of allylic oxidation sites excluding steroid dienone is 1. The average Bonchev–Trinajstić information content (AvgIpc) is 2.40. The lowest BCUT2D eigenvalue weighted by molar-refractivity contribution is -0.208. The molecule has 0 spiro atoms. The molecular formula is C16H18O4. The van der Waals surface area contributed by atoms with E-state index in [4.69, 9.17) is 9.47 Å². The van der Waals surface area contributed by atoms with Crippen LogP contribution in [0, 0.1) is 0 Å². The SMILES string of the molecule is CC(C)=CCC1(C(=O)OCc2ccccc2)CC(=O)O1. The molecule has 1 aliphatic rings. The number of carbonyl (C=O) groups excluding carboxylic acids is 2. The van der Waals surface area contributed by atoms with Crippen LogP contribution in [-0.2, 0) is 25.7 Å². The van der Waals surface area contributed by atoms with Gasteiger partial charge in [-0.25, -0.2) is 4.79 Å². The summed E-state index contributed by atoms with van der Waals surface area (Å²) in [7, 11) is 0. The van der Waals surface area contributed by atoms with Gasteiger partial charge in [0.1, 0.15) is 6.61 Å². The van der Waals surface area contributed by atoms with Crippen LogP contribution in [0.3, 0.4) is 0 Å². The molecule has 106 valence electrons. The lowest BCUT2D eigenvalue weighted by Gasteiger charge is -2.37. The predicted octanol–water partition coefficient (Wildman–Crippen LogP) is 2.77. The van der Waals surface area contributed by atoms with Gasteiger partial charge in [0.15, 0.2) is 0 Å². The Balaban J connectivity index is 1.97. The zero-order valence-corrected chi connectivity index (χ0v) is 11.7. The summed E-state index contributed by atoms with van der Waals surface area (Å²) in [5.74, 6) is -0.831. The second-order valence-corrected chi connectivity index (χ2v) is 5.19. The van der Waals surface area contributed by atoms with Gasteiger partial charge in [0, 0.05) is 6.42 Å². The average molecular weight is 274 g/mol. The highest BCUT2D eigenvalue weighted by molar-refractivity contribution is 5.93. The van der Waals surface area contributed by atoms with Gasteiger partial charge < -0.3 is 9.47 Å². The number of rotatable bonds is 5. The molecule has 0 bridgehead atoms. The number of esters is 2. The Kier molecular flexibility index (Phi) is 4.23. The molecule has 1 atom stereocenters. The molecule has 0 radical (unpaired) electrons. The van der Waals surface area contributed by atoms with Crippen molar-refractivity contribution in [1.29, 1.82) is 0 Å². The quantitative estimate of drug-likeness (QED) is 0.612. The van der Waals surface area contributed by atoms with Crippen LogP contribution in [0.5, 0.6) is 0 Å². The van der Waals surface area contributed by atoms with Crippen molar-refractivity contribution < 1.29 is 19.1 Å². The highest BCUT2D eigenvalue weighted by atomic mass is 16.6. The second kappa shape index (κ2) is 5.90. The van der Waals surface area contributed by atoms with Crippen LogP contribution >= 0.6 is 0 Å². The molecule has 0 aliphatic carbocycles. The zero-order chi connectivity index (χ0) is 14.6. The summed E-state index contributed by atoms with van der Waals surface area (Å²) in [5, 5.41) is 0. The first-order valence-electron chi connectivity index (χ1n) is 6.58. The van der Waals surface area contributed by atoms with Gasteiger partial charge in [-0.15, -0.1) is 0 Å². The minimum Gasteiger partial charge on any atom is -0.458 e. The van der Waals surface area contributed by atoms with Crippen LogP contribution in [0.25, 0.3) is 0 Å². The second-order valence-electron chi connectivity index (χ2n) is 5.19. The third-order valence-corrected chi connectivity index (χ3v) is 3.16. The maximum Gasteiger partial charge on any atom is 0.351 e. The van der Waals surface area contributed by atoms with Gasteiger partial charge in [0.05, 0.1) is 6.42 Å². The minimum absolute atomic E-state index is 0.0877. The monoisotopic (exact) mass is 274 g/mol. The van der Waals surface area contributed by atoms with Gasteiger partial charge in [0.25, 0.3) is 0 Å². The third kappa shape index (κ3) is 3.26. The van der Waals surface area contributed by atoms with E-state index in [0.29, 0.717) is 6.42 Å². The summed E-state index contributed by atoms with van der Waals surface area (Å²) in [4.78, 5) is 23.2. The van der Waals surface area contributed by atoms with E-state index in [-0.39, 0.29) is 19.0 Å². The van der Waals surface area contributed by atoms with Crippen molar-refractivity contribution in [2.45, 2.75) is 38.9 Å². The number of benzene rings is 1. The molecule has 4 heteroatoms. The first kappa shape index (κ1) is 14.3. The van der Waals surface area contributed by atoms with Crippen LogP contribution in [0.1, 0.15) is 32.3 Å². The van der Waals surface area contributed by atoms with Crippen LogP contribution in [0.15, 0.2) is 42.0 Å². The fourth-order valence-electron chi connectivity index (χ4n) is 1.98. The molecule has 20 heavy (non-hydrogen) atoms. The molecule has 1 aromatic rings. The molecule has 1 unspecified atom stereocenters. The highest BCUT2D eigenvalue weighted by Gasteiger charge is 2.53. The van der Waals surface area contributed by atoms with Crippen molar-refractivity contribution in [3.63, 3.8) is 0 Å². The van der Waals surface area contributed by atoms with Crippen molar-refractivity contribution in [1.82, 2.24) is 0 Å². The van der Waals surface area contributed by atoms with E-state index in [2.05, 4.69) is 0 Å². The molecule has 0 N–H and O–H groups in total. The molecule has 1 aliphatic heterocycles. The molecular weight excluding hydrogens is 256 g/mol. The molecule has 0 amide bonds. The van der Waals surface area contributed by atoms with Gasteiger partial charge in [-0.1, -0.05) is 42.0 Å². The fraction of sp³-hybridized carbons (Fsp3) is 0.375. The smallest absolute Gasteiger partial charge is 0.351 e. The maximum atomic E-state index is 12.1. The standard InChI is InChI=1S/C16H18O4/c1-12(2)8-9-16(10-14(17)20-16)15(18)19-11-13-6-4-3-5-7-13/h3-8H,9-11H2,1-2H3. The summed E-state index contributed by atoms with van der Waals surface area (Å²) in [6.45, 7) is 4.06. The van der Waals surface area contributed by atoms with Gasteiger partial charge in [-0.3, -0.25) is 4.79 Å². The van der Waals surface area contributed by atoms with E-state index >= 15 is 0 Å². The molecule has 2 rings (SSSR count). The predicted molar refractivity (Wildman–Crippen MR) is 73.7 cm³/mol. The van der Waals surface area contributed by atoms with E-state index in [1.54, 1.807) is 0 Å². The van der Waals surface area contributed by atoms with Crippen molar-refractivity contribution >= 4 is 11.9 Å². The number of carbonyl (C=O) groups is 2. The Bertz CT molecular complexity index is 519. The Hall–Kier alpha value is -2.10. The molecule has 1 heterocycles. The van der Waals surface area contributed by atoms with Gasteiger partial charge in [-0.05, 0) is 19.4 Å². The Morgan fingerprint density at radius 2 is 2.00 bits per heavy atom. The van der Waals surface area contributed by atoms with Gasteiger partial charge in [-0.2, -0.15) is 0 Å². The number of hydrogen-bond donors (Lipinski definition) is 0. The van der Waals surface area contributed by atoms with E-state index < -0.39 is 11.6 Å². The molecule has 1 aromatic carbocycles. The van der Waals surface area contributed by atoms with Gasteiger partial charge in [0.2, 0.25) is 5.60 Å². The molecule has 0 aromatic heterocycles. The summed E-state index contributed by atoms with van der Waals surface area (Å²) in [6, 6.07) is 9.41. The van der Waals surface area contributed by atoms with Crippen LogP contribution in [0.4, 0.5) is 0 Å². The maximum absolute atomic E-state index is 12.1. The lowest BCUT2D eigenvalue weighted by atomic mass is 9.89. The van der Waals surface area contributed by atoms with Crippen LogP contribution in [-0.4, -0.2) is 17.5 Å². The summed E-state index contributed by atoms with van der Waals surface area (Å²) < 4.78 is 10.3. The first-order valence-corrected chi connectivity index (χ1v) is 6.58. The molecule has 4 nitrogen and oxygen atoms in total.